The molecule has 0 radical (unpaired) electrons. The molecule has 0 fully saturated rings. The van der Waals surface area contributed by atoms with Crippen LogP contribution in [-0.2, 0) is 13.8 Å². The second-order valence-corrected chi connectivity index (χ2v) is 8.20. The van der Waals surface area contributed by atoms with Crippen LogP contribution in [0.3, 0.4) is 0 Å². The third-order valence-corrected chi connectivity index (χ3v) is 4.55. The molecule has 8 heteroatoms. The van der Waals surface area contributed by atoms with Crippen molar-refractivity contribution < 1.29 is 17.9 Å². The van der Waals surface area contributed by atoms with Gasteiger partial charge in [-0.2, -0.15) is 0 Å². The second-order valence-electron chi connectivity index (χ2n) is 3.92. The minimum atomic E-state index is -3.77. The second kappa shape index (κ2) is 7.26. The van der Waals surface area contributed by atoms with Crippen LogP contribution in [0, 0.1) is 0 Å². The van der Waals surface area contributed by atoms with Gasteiger partial charge in [-0.15, -0.1) is 0 Å². The molecule has 1 rings (SSSR count). The first-order valence-corrected chi connectivity index (χ1v) is 9.29. The van der Waals surface area contributed by atoms with Crippen LogP contribution in [0.15, 0.2) is 26.0 Å². The lowest BCUT2D eigenvalue weighted by Crippen LogP contribution is -2.11. The molecule has 0 amide bonds. The first-order chi connectivity index (χ1) is 8.71. The van der Waals surface area contributed by atoms with Gasteiger partial charge in [-0.1, -0.05) is 0 Å². The van der Waals surface area contributed by atoms with Crippen molar-refractivity contribution in [1.29, 1.82) is 0 Å². The summed E-state index contributed by atoms with van der Waals surface area (Å²) >= 11 is 6.51. The summed E-state index contributed by atoms with van der Waals surface area (Å²) in [4.78, 5) is -0.00121. The van der Waals surface area contributed by atoms with Gasteiger partial charge in [0.1, 0.15) is 12.4 Å². The van der Waals surface area contributed by atoms with Crippen LogP contribution in [0.1, 0.15) is 13.8 Å². The third-order valence-electron chi connectivity index (χ3n) is 2.03. The fourth-order valence-electron chi connectivity index (χ4n) is 1.24. The van der Waals surface area contributed by atoms with E-state index in [1.165, 1.54) is 12.1 Å². The maximum atomic E-state index is 11.2. The average Bonchev–Trinajstić information content (AvgIpc) is 2.25. The molecule has 0 unspecified atom stereocenters. The molecular formula is C11H13Br2ClO4S. The molecular weight excluding hydrogens is 423 g/mol. The Labute approximate surface area is 134 Å². The molecule has 108 valence electrons. The lowest BCUT2D eigenvalue weighted by atomic mass is 10.3. The summed E-state index contributed by atoms with van der Waals surface area (Å²) in [5.41, 5.74) is 0. The average molecular weight is 437 g/mol. The Kier molecular flexibility index (Phi) is 6.59. The van der Waals surface area contributed by atoms with E-state index >= 15 is 0 Å². The van der Waals surface area contributed by atoms with Crippen molar-refractivity contribution in [3.8, 4) is 5.75 Å². The minimum Gasteiger partial charge on any atom is -0.489 e. The summed E-state index contributed by atoms with van der Waals surface area (Å²) in [6.45, 7) is 4.69. The first-order valence-electron chi connectivity index (χ1n) is 5.40. The highest BCUT2D eigenvalue weighted by Gasteiger charge is 2.16. The number of ether oxygens (including phenoxy) is 2. The van der Waals surface area contributed by atoms with Gasteiger partial charge in [0, 0.05) is 10.7 Å². The topological polar surface area (TPSA) is 52.6 Å². The maximum Gasteiger partial charge on any atom is 0.261 e. The Morgan fingerprint density at radius 2 is 1.74 bits per heavy atom. The molecule has 0 aromatic heterocycles. The highest BCUT2D eigenvalue weighted by atomic mass is 79.9. The molecule has 1 aromatic rings. The zero-order valence-electron chi connectivity index (χ0n) is 10.3. The number of rotatable bonds is 6. The van der Waals surface area contributed by atoms with E-state index < -0.39 is 9.05 Å². The number of hydrogen-bond donors (Lipinski definition) is 0. The number of hydrogen-bond acceptors (Lipinski definition) is 4. The van der Waals surface area contributed by atoms with E-state index in [0.717, 1.165) is 0 Å². The van der Waals surface area contributed by atoms with Gasteiger partial charge < -0.3 is 9.47 Å². The molecule has 1 aromatic carbocycles. The van der Waals surface area contributed by atoms with Crippen LogP contribution >= 0.6 is 42.5 Å². The van der Waals surface area contributed by atoms with Gasteiger partial charge in [-0.3, -0.25) is 0 Å². The third kappa shape index (κ3) is 5.59. The predicted octanol–water partition coefficient (Wildman–Crippen LogP) is 3.94. The van der Waals surface area contributed by atoms with Gasteiger partial charge >= 0.3 is 0 Å². The quantitative estimate of drug-likeness (QED) is 0.501. The van der Waals surface area contributed by atoms with E-state index in [-0.39, 0.29) is 11.0 Å². The summed E-state index contributed by atoms with van der Waals surface area (Å²) in [5.74, 6) is 0.511. The highest BCUT2D eigenvalue weighted by molar-refractivity contribution is 9.11. The summed E-state index contributed by atoms with van der Waals surface area (Å²) in [7, 11) is 1.52. The molecule has 0 saturated carbocycles. The van der Waals surface area contributed by atoms with E-state index in [9.17, 15) is 8.42 Å². The van der Waals surface area contributed by atoms with E-state index in [4.69, 9.17) is 20.2 Å². The fourth-order valence-corrected chi connectivity index (χ4v) is 3.75. The maximum absolute atomic E-state index is 11.2. The van der Waals surface area contributed by atoms with Crippen molar-refractivity contribution in [2.45, 2.75) is 24.8 Å². The summed E-state index contributed by atoms with van der Waals surface area (Å²) in [6, 6.07) is 2.79. The predicted molar refractivity (Wildman–Crippen MR) is 81.5 cm³/mol. The Morgan fingerprint density at radius 3 is 2.16 bits per heavy atom. The van der Waals surface area contributed by atoms with Gasteiger partial charge in [-0.25, -0.2) is 8.42 Å². The molecule has 0 aliphatic carbocycles. The fraction of sp³-hybridized carbons (Fsp3) is 0.455. The zero-order chi connectivity index (χ0) is 14.6. The highest BCUT2D eigenvalue weighted by Crippen LogP contribution is 2.36. The molecule has 0 heterocycles. The molecule has 0 spiro atoms. The van der Waals surface area contributed by atoms with Crippen LogP contribution in [0.25, 0.3) is 0 Å². The van der Waals surface area contributed by atoms with Crippen molar-refractivity contribution >= 4 is 51.6 Å². The molecule has 0 aliphatic heterocycles. The Bertz CT molecular complexity index is 523. The van der Waals surface area contributed by atoms with E-state index in [1.807, 2.05) is 13.8 Å². The lowest BCUT2D eigenvalue weighted by molar-refractivity contribution is 0.0549. The van der Waals surface area contributed by atoms with Crippen molar-refractivity contribution in [2.24, 2.45) is 0 Å². The van der Waals surface area contributed by atoms with Crippen LogP contribution in [0.5, 0.6) is 5.75 Å². The molecule has 0 atom stereocenters. The van der Waals surface area contributed by atoms with Crippen LogP contribution in [0.4, 0.5) is 0 Å². The van der Waals surface area contributed by atoms with Crippen LogP contribution < -0.4 is 4.74 Å². The van der Waals surface area contributed by atoms with Gasteiger partial charge in [0.15, 0.2) is 0 Å². The molecule has 4 nitrogen and oxygen atoms in total. The minimum absolute atomic E-state index is 0.00121. The Hall–Kier alpha value is 0.180. The van der Waals surface area contributed by atoms with Crippen LogP contribution in [0.2, 0.25) is 0 Å². The van der Waals surface area contributed by atoms with E-state index in [2.05, 4.69) is 31.9 Å². The molecule has 19 heavy (non-hydrogen) atoms. The monoisotopic (exact) mass is 434 g/mol. The van der Waals surface area contributed by atoms with Gasteiger partial charge in [0.2, 0.25) is 0 Å². The molecule has 0 saturated heterocycles. The summed E-state index contributed by atoms with van der Waals surface area (Å²) in [6.07, 6.45) is 0.138. The van der Waals surface area contributed by atoms with Gasteiger partial charge in [0.05, 0.1) is 26.6 Å². The molecule has 0 N–H and O–H groups in total. The summed E-state index contributed by atoms with van der Waals surface area (Å²) < 4.78 is 34.4. The largest absolute Gasteiger partial charge is 0.489 e. The SMILES string of the molecule is CC(C)OCCOc1c(Br)cc(S(=O)(=O)Cl)cc1Br. The molecule has 0 aliphatic rings. The first kappa shape index (κ1) is 17.2. The van der Waals surface area contributed by atoms with Gasteiger partial charge in [-0.05, 0) is 57.8 Å². The summed E-state index contributed by atoms with van der Waals surface area (Å²) in [5, 5.41) is 0. The zero-order valence-corrected chi connectivity index (χ0v) is 15.1. The standard InChI is InChI=1S/C11H13Br2ClO4S/c1-7(2)17-3-4-18-11-9(12)5-8(6-10(11)13)19(14,15)16/h5-7H,3-4H2,1-2H3. The Morgan fingerprint density at radius 1 is 1.21 bits per heavy atom. The number of halogens is 3. The Balaban J connectivity index is 2.81. The van der Waals surface area contributed by atoms with Crippen molar-refractivity contribution in [2.75, 3.05) is 13.2 Å². The van der Waals surface area contributed by atoms with Crippen LogP contribution in [-0.4, -0.2) is 27.7 Å². The van der Waals surface area contributed by atoms with E-state index in [1.54, 1.807) is 0 Å². The van der Waals surface area contributed by atoms with Gasteiger partial charge in [0.25, 0.3) is 9.05 Å². The normalized spacial score (nSPS) is 11.9. The van der Waals surface area contributed by atoms with Crippen molar-refractivity contribution in [3.05, 3.63) is 21.1 Å². The van der Waals surface area contributed by atoms with Crippen molar-refractivity contribution in [3.63, 3.8) is 0 Å². The smallest absolute Gasteiger partial charge is 0.261 e. The van der Waals surface area contributed by atoms with E-state index in [0.29, 0.717) is 27.9 Å². The number of benzene rings is 1. The van der Waals surface area contributed by atoms with Crippen molar-refractivity contribution in [1.82, 2.24) is 0 Å². The molecule has 0 bridgehead atoms. The lowest BCUT2D eigenvalue weighted by Gasteiger charge is -2.12.